The number of carbonyl (C=O) groups excluding carboxylic acids is 1. The Bertz CT molecular complexity index is 1190. The Balaban J connectivity index is 1.64. The topological polar surface area (TPSA) is 103 Å². The predicted octanol–water partition coefficient (Wildman–Crippen LogP) is 4.67. The monoisotopic (exact) mass is 471 g/mol. The first-order chi connectivity index (χ1) is 15.9. The van der Waals surface area contributed by atoms with Gasteiger partial charge in [-0.25, -0.2) is 9.82 Å². The number of ether oxygens (including phenoxy) is 2. The molecule has 3 rings (SSSR count). The van der Waals surface area contributed by atoms with Gasteiger partial charge in [-0.05, 0) is 41.0 Å². The van der Waals surface area contributed by atoms with Crippen molar-refractivity contribution in [1.82, 2.24) is 5.43 Å². The van der Waals surface area contributed by atoms with Crippen molar-refractivity contribution in [1.29, 1.82) is 0 Å². The van der Waals surface area contributed by atoms with E-state index in [-0.39, 0.29) is 41.2 Å². The van der Waals surface area contributed by atoms with Gasteiger partial charge in [-0.15, -0.1) is 0 Å². The van der Waals surface area contributed by atoms with E-state index >= 15 is 0 Å². The maximum absolute atomic E-state index is 12.9. The number of non-ortho nitro benzene ring substituents is 1. The quantitative estimate of drug-likeness (QED) is 0.277. The van der Waals surface area contributed by atoms with Crippen LogP contribution in [-0.2, 0) is 17.8 Å². The smallest absolute Gasteiger partial charge is 0.269 e. The summed E-state index contributed by atoms with van der Waals surface area (Å²) in [5.74, 6) is -0.150. The lowest BCUT2D eigenvalue weighted by atomic mass is 10.1. The summed E-state index contributed by atoms with van der Waals surface area (Å²) < 4.78 is 24.0. The number of nitrogens with one attached hydrogen (secondary N) is 1. The molecule has 10 heteroatoms. The molecule has 33 heavy (non-hydrogen) atoms. The van der Waals surface area contributed by atoms with Crippen LogP contribution in [-0.4, -0.2) is 24.2 Å². The Morgan fingerprint density at radius 2 is 1.94 bits per heavy atom. The van der Waals surface area contributed by atoms with E-state index in [9.17, 15) is 19.3 Å². The number of hydrazone groups is 1. The minimum atomic E-state index is -0.483. The zero-order valence-electron chi connectivity index (χ0n) is 17.5. The third kappa shape index (κ3) is 6.75. The lowest BCUT2D eigenvalue weighted by Crippen LogP contribution is -2.19. The van der Waals surface area contributed by atoms with Crippen LogP contribution in [0.1, 0.15) is 16.7 Å². The summed E-state index contributed by atoms with van der Waals surface area (Å²) in [5, 5.41) is 15.1. The Morgan fingerprint density at radius 1 is 1.18 bits per heavy atom. The first-order valence-corrected chi connectivity index (χ1v) is 10.0. The van der Waals surface area contributed by atoms with Gasteiger partial charge in [0.05, 0.1) is 29.7 Å². The van der Waals surface area contributed by atoms with Crippen molar-refractivity contribution in [3.8, 4) is 11.5 Å². The van der Waals surface area contributed by atoms with Crippen LogP contribution in [0.15, 0.2) is 65.8 Å². The van der Waals surface area contributed by atoms with Crippen molar-refractivity contribution in [2.45, 2.75) is 13.0 Å². The number of amides is 1. The van der Waals surface area contributed by atoms with Crippen molar-refractivity contribution in [2.75, 3.05) is 7.11 Å². The fraction of sp³-hybridized carbons (Fsp3) is 0.130. The van der Waals surface area contributed by atoms with E-state index in [4.69, 9.17) is 21.1 Å². The number of halogens is 2. The van der Waals surface area contributed by atoms with E-state index < -0.39 is 4.92 Å². The first kappa shape index (κ1) is 23.7. The second-order valence-corrected chi connectivity index (χ2v) is 7.25. The first-order valence-electron chi connectivity index (χ1n) is 9.65. The van der Waals surface area contributed by atoms with Gasteiger partial charge in [-0.2, -0.15) is 5.10 Å². The van der Waals surface area contributed by atoms with Crippen LogP contribution in [0.5, 0.6) is 11.5 Å². The highest BCUT2D eigenvalue weighted by Crippen LogP contribution is 2.36. The van der Waals surface area contributed by atoms with E-state index in [2.05, 4.69) is 10.5 Å². The van der Waals surface area contributed by atoms with Gasteiger partial charge in [0.15, 0.2) is 11.5 Å². The number of rotatable bonds is 9. The molecule has 0 aromatic heterocycles. The van der Waals surface area contributed by atoms with Gasteiger partial charge in [0.1, 0.15) is 12.4 Å². The van der Waals surface area contributed by atoms with Gasteiger partial charge in [-0.1, -0.05) is 35.9 Å². The average Bonchev–Trinajstić information content (AvgIpc) is 2.79. The molecule has 0 atom stereocenters. The Hall–Kier alpha value is -3.98. The van der Waals surface area contributed by atoms with E-state index in [0.717, 1.165) is 0 Å². The summed E-state index contributed by atoms with van der Waals surface area (Å²) in [7, 11) is 1.44. The lowest BCUT2D eigenvalue weighted by molar-refractivity contribution is -0.384. The number of nitrogens with zero attached hydrogens (tertiary/aromatic N) is 2. The minimum absolute atomic E-state index is 0.0396. The summed E-state index contributed by atoms with van der Waals surface area (Å²) in [4.78, 5) is 22.4. The van der Waals surface area contributed by atoms with E-state index in [1.165, 1.54) is 49.7 Å². The molecule has 0 radical (unpaired) electrons. The number of benzene rings is 3. The minimum Gasteiger partial charge on any atom is -0.493 e. The number of carbonyl (C=O) groups is 1. The van der Waals surface area contributed by atoms with Crippen LogP contribution in [0.3, 0.4) is 0 Å². The summed E-state index contributed by atoms with van der Waals surface area (Å²) >= 11 is 6.33. The summed E-state index contributed by atoms with van der Waals surface area (Å²) in [5.41, 5.74) is 4.14. The van der Waals surface area contributed by atoms with Crippen molar-refractivity contribution in [2.24, 2.45) is 5.10 Å². The lowest BCUT2D eigenvalue weighted by Gasteiger charge is -2.13. The number of nitro groups is 1. The molecule has 0 aliphatic carbocycles. The van der Waals surface area contributed by atoms with E-state index in [0.29, 0.717) is 22.4 Å². The standard InChI is InChI=1S/C23H19ClFN3O5/c1-32-21-11-17(13-26-27-22(29)12-15-5-7-18(25)8-6-15)10-20(24)23(21)33-14-16-3-2-4-19(9-16)28(30)31/h2-11,13H,12,14H2,1H3,(H,27,29)/b26-13+. The van der Waals surface area contributed by atoms with Gasteiger partial charge < -0.3 is 9.47 Å². The Morgan fingerprint density at radius 3 is 2.64 bits per heavy atom. The van der Waals surface area contributed by atoms with Crippen LogP contribution in [0.4, 0.5) is 10.1 Å². The Kier molecular flexibility index (Phi) is 7.93. The van der Waals surface area contributed by atoms with Crippen LogP contribution < -0.4 is 14.9 Å². The van der Waals surface area contributed by atoms with E-state index in [1.54, 1.807) is 24.3 Å². The van der Waals surface area contributed by atoms with Gasteiger partial charge >= 0.3 is 0 Å². The van der Waals surface area contributed by atoms with Gasteiger partial charge in [0.25, 0.3) is 5.69 Å². The fourth-order valence-corrected chi connectivity index (χ4v) is 3.15. The molecular formula is C23H19ClFN3O5. The second-order valence-electron chi connectivity index (χ2n) is 6.85. The normalized spacial score (nSPS) is 10.8. The Labute approximate surface area is 193 Å². The van der Waals surface area contributed by atoms with Gasteiger partial charge in [0, 0.05) is 12.1 Å². The van der Waals surface area contributed by atoms with Crippen molar-refractivity contribution >= 4 is 29.4 Å². The molecule has 8 nitrogen and oxygen atoms in total. The molecule has 1 N–H and O–H groups in total. The molecule has 0 fully saturated rings. The van der Waals surface area contributed by atoms with Crippen LogP contribution in [0.2, 0.25) is 5.02 Å². The maximum atomic E-state index is 12.9. The van der Waals surface area contributed by atoms with Crippen molar-refractivity contribution in [3.05, 3.63) is 98.3 Å². The van der Waals surface area contributed by atoms with E-state index in [1.807, 2.05) is 0 Å². The number of hydrogen-bond acceptors (Lipinski definition) is 6. The average molecular weight is 472 g/mol. The maximum Gasteiger partial charge on any atom is 0.269 e. The molecule has 0 bridgehead atoms. The van der Waals surface area contributed by atoms with Crippen LogP contribution in [0.25, 0.3) is 0 Å². The molecule has 0 spiro atoms. The highest BCUT2D eigenvalue weighted by atomic mass is 35.5. The SMILES string of the molecule is COc1cc(/C=N/NC(=O)Cc2ccc(F)cc2)cc(Cl)c1OCc1cccc([N+](=O)[O-])c1. The highest BCUT2D eigenvalue weighted by Gasteiger charge is 2.13. The third-order valence-electron chi connectivity index (χ3n) is 4.44. The molecule has 0 saturated heterocycles. The molecule has 0 aliphatic heterocycles. The number of nitro benzene ring substituents is 1. The third-order valence-corrected chi connectivity index (χ3v) is 4.72. The molecule has 170 valence electrons. The number of hydrogen-bond donors (Lipinski definition) is 1. The molecule has 0 heterocycles. The molecule has 0 aliphatic rings. The summed E-state index contributed by atoms with van der Waals surface area (Å²) in [6.07, 6.45) is 1.44. The largest absolute Gasteiger partial charge is 0.493 e. The predicted molar refractivity (Wildman–Crippen MR) is 121 cm³/mol. The molecule has 0 saturated carbocycles. The molecule has 0 unspecified atom stereocenters. The number of methoxy groups -OCH3 is 1. The zero-order valence-corrected chi connectivity index (χ0v) is 18.2. The van der Waals surface area contributed by atoms with Gasteiger partial charge in [-0.3, -0.25) is 14.9 Å². The second kappa shape index (κ2) is 11.1. The molecule has 1 amide bonds. The summed E-state index contributed by atoms with van der Waals surface area (Å²) in [6.45, 7) is 0.0463. The zero-order chi connectivity index (χ0) is 23.8. The van der Waals surface area contributed by atoms with Crippen LogP contribution >= 0.6 is 11.6 Å². The summed E-state index contributed by atoms with van der Waals surface area (Å²) in [6, 6.07) is 14.9. The van der Waals surface area contributed by atoms with Gasteiger partial charge in [0.2, 0.25) is 5.91 Å². The fourth-order valence-electron chi connectivity index (χ4n) is 2.88. The molecule has 3 aromatic rings. The van der Waals surface area contributed by atoms with Crippen molar-refractivity contribution < 1.29 is 23.6 Å². The molecule has 3 aromatic carbocycles. The van der Waals surface area contributed by atoms with Crippen LogP contribution in [0, 0.1) is 15.9 Å². The highest BCUT2D eigenvalue weighted by molar-refractivity contribution is 6.32. The molecular weight excluding hydrogens is 453 g/mol. The van der Waals surface area contributed by atoms with Crippen molar-refractivity contribution in [3.63, 3.8) is 0 Å².